The van der Waals surface area contributed by atoms with E-state index in [-0.39, 0.29) is 5.97 Å². The Morgan fingerprint density at radius 3 is 2.54 bits per heavy atom. The zero-order chi connectivity index (χ0) is 10.1. The molecule has 0 saturated heterocycles. The van der Waals surface area contributed by atoms with Gasteiger partial charge in [-0.25, -0.2) is 0 Å². The van der Waals surface area contributed by atoms with Gasteiger partial charge in [-0.1, -0.05) is 13.8 Å². The summed E-state index contributed by atoms with van der Waals surface area (Å²) in [5, 5.41) is 0. The second-order valence-electron chi connectivity index (χ2n) is 3.50. The van der Waals surface area contributed by atoms with Crippen LogP contribution in [0.15, 0.2) is 0 Å². The molecular formula is C10H20O3. The van der Waals surface area contributed by atoms with Crippen molar-refractivity contribution in [1.29, 1.82) is 0 Å². The quantitative estimate of drug-likeness (QED) is 0.453. The number of ether oxygens (including phenoxy) is 2. The van der Waals surface area contributed by atoms with Crippen molar-refractivity contribution in [3.05, 3.63) is 0 Å². The third kappa shape index (κ3) is 9.34. The van der Waals surface area contributed by atoms with Crippen LogP contribution < -0.4 is 0 Å². The van der Waals surface area contributed by atoms with Crippen LogP contribution in [0.4, 0.5) is 0 Å². The van der Waals surface area contributed by atoms with Crippen LogP contribution in [0.1, 0.15) is 33.1 Å². The number of methoxy groups -OCH3 is 1. The highest BCUT2D eigenvalue weighted by atomic mass is 16.5. The van der Waals surface area contributed by atoms with Crippen molar-refractivity contribution in [2.24, 2.45) is 5.92 Å². The molecule has 0 aliphatic heterocycles. The van der Waals surface area contributed by atoms with Gasteiger partial charge < -0.3 is 9.47 Å². The summed E-state index contributed by atoms with van der Waals surface area (Å²) < 4.78 is 9.83. The number of carbonyl (C=O) groups excluding carboxylic acids is 1. The number of carbonyl (C=O) groups is 1. The van der Waals surface area contributed by atoms with Gasteiger partial charge in [0.2, 0.25) is 0 Å². The lowest BCUT2D eigenvalue weighted by atomic mass is 10.1. The third-order valence-corrected chi connectivity index (χ3v) is 1.69. The highest BCUT2D eigenvalue weighted by molar-refractivity contribution is 5.69. The Hall–Kier alpha value is -0.570. The van der Waals surface area contributed by atoms with Crippen molar-refractivity contribution in [1.82, 2.24) is 0 Å². The molecule has 0 aliphatic carbocycles. The largest absolute Gasteiger partial charge is 0.466 e. The molecule has 0 atom stereocenters. The molecule has 0 amide bonds. The molecule has 13 heavy (non-hydrogen) atoms. The molecule has 0 N–H and O–H groups in total. The molecule has 0 aromatic heterocycles. The van der Waals surface area contributed by atoms with Gasteiger partial charge in [0.15, 0.2) is 0 Å². The minimum absolute atomic E-state index is 0.113. The number of esters is 1. The molecule has 0 aromatic carbocycles. The minimum atomic E-state index is -0.113. The highest BCUT2D eigenvalue weighted by Gasteiger charge is 2.02. The molecule has 0 spiro atoms. The molecule has 0 aliphatic rings. The summed E-state index contributed by atoms with van der Waals surface area (Å²) in [6.07, 6.45) is 2.15. The van der Waals surface area contributed by atoms with Gasteiger partial charge in [-0.15, -0.1) is 0 Å². The maximum atomic E-state index is 11.0. The lowest BCUT2D eigenvalue weighted by Crippen LogP contribution is -2.08. The van der Waals surface area contributed by atoms with Crippen LogP contribution in [0.25, 0.3) is 0 Å². The lowest BCUT2D eigenvalue weighted by Gasteiger charge is -2.06. The Balaban J connectivity index is 3.20. The molecular weight excluding hydrogens is 168 g/mol. The van der Waals surface area contributed by atoms with Crippen LogP contribution in [-0.4, -0.2) is 26.3 Å². The summed E-state index contributed by atoms with van der Waals surface area (Å²) in [5.74, 6) is 0.476. The Bertz CT molecular complexity index is 132. The zero-order valence-corrected chi connectivity index (χ0v) is 8.84. The Labute approximate surface area is 80.4 Å². The van der Waals surface area contributed by atoms with E-state index in [2.05, 4.69) is 13.8 Å². The van der Waals surface area contributed by atoms with Crippen molar-refractivity contribution >= 4 is 5.97 Å². The van der Waals surface area contributed by atoms with Gasteiger partial charge in [-0.2, -0.15) is 0 Å². The predicted molar refractivity (Wildman–Crippen MR) is 51.5 cm³/mol. The molecule has 0 bridgehead atoms. The molecule has 3 nitrogen and oxygen atoms in total. The molecule has 0 fully saturated rings. The second-order valence-corrected chi connectivity index (χ2v) is 3.50. The normalized spacial score (nSPS) is 10.5. The molecule has 78 valence electrons. The fourth-order valence-corrected chi connectivity index (χ4v) is 0.841. The van der Waals surface area contributed by atoms with Crippen LogP contribution >= 0.6 is 0 Å². The molecule has 0 radical (unpaired) electrons. The summed E-state index contributed by atoms with van der Waals surface area (Å²) in [7, 11) is 1.63. The summed E-state index contributed by atoms with van der Waals surface area (Å²) in [4.78, 5) is 11.0. The Morgan fingerprint density at radius 1 is 1.31 bits per heavy atom. The molecule has 0 heterocycles. The number of hydrogen-bond acceptors (Lipinski definition) is 3. The van der Waals surface area contributed by atoms with E-state index >= 15 is 0 Å². The first kappa shape index (κ1) is 12.4. The van der Waals surface area contributed by atoms with Gasteiger partial charge in [0.1, 0.15) is 0 Å². The number of rotatable bonds is 7. The highest BCUT2D eigenvalue weighted by Crippen LogP contribution is 2.00. The van der Waals surface area contributed by atoms with E-state index in [4.69, 9.17) is 9.47 Å². The van der Waals surface area contributed by atoms with Crippen LogP contribution in [0.2, 0.25) is 0 Å². The van der Waals surface area contributed by atoms with Crippen molar-refractivity contribution in [3.8, 4) is 0 Å². The maximum Gasteiger partial charge on any atom is 0.305 e. The second kappa shape index (κ2) is 8.05. The van der Waals surface area contributed by atoms with Crippen molar-refractivity contribution in [3.63, 3.8) is 0 Å². The molecule has 0 rings (SSSR count). The van der Waals surface area contributed by atoms with E-state index in [0.29, 0.717) is 25.6 Å². The van der Waals surface area contributed by atoms with E-state index < -0.39 is 0 Å². The Kier molecular flexibility index (Phi) is 7.69. The minimum Gasteiger partial charge on any atom is -0.466 e. The predicted octanol–water partition coefficient (Wildman–Crippen LogP) is 2.00. The summed E-state index contributed by atoms with van der Waals surface area (Å²) >= 11 is 0. The first-order valence-electron chi connectivity index (χ1n) is 4.81. The van der Waals surface area contributed by atoms with Crippen molar-refractivity contribution in [2.75, 3.05) is 20.3 Å². The van der Waals surface area contributed by atoms with E-state index in [1.165, 1.54) is 0 Å². The average Bonchev–Trinajstić information content (AvgIpc) is 2.04. The lowest BCUT2D eigenvalue weighted by molar-refractivity contribution is -0.144. The van der Waals surface area contributed by atoms with E-state index in [9.17, 15) is 4.79 Å². The standard InChI is InChI=1S/C10H20O3/c1-9(2)6-8-13-10(11)5-4-7-12-3/h9H,4-8H2,1-3H3. The SMILES string of the molecule is COCCCC(=O)OCCC(C)C. The van der Waals surface area contributed by atoms with Crippen LogP contribution in [0, 0.1) is 5.92 Å². The molecule has 3 heteroatoms. The first-order chi connectivity index (χ1) is 6.16. The first-order valence-corrected chi connectivity index (χ1v) is 4.81. The van der Waals surface area contributed by atoms with Gasteiger partial charge in [0.25, 0.3) is 0 Å². The average molecular weight is 188 g/mol. The fraction of sp³-hybridized carbons (Fsp3) is 0.900. The molecule has 0 saturated carbocycles. The van der Waals surface area contributed by atoms with Crippen molar-refractivity contribution < 1.29 is 14.3 Å². The van der Waals surface area contributed by atoms with Gasteiger partial charge in [0.05, 0.1) is 6.61 Å². The number of hydrogen-bond donors (Lipinski definition) is 0. The summed E-state index contributed by atoms with van der Waals surface area (Å²) in [6.45, 7) is 5.39. The fourth-order valence-electron chi connectivity index (χ4n) is 0.841. The third-order valence-electron chi connectivity index (χ3n) is 1.69. The Morgan fingerprint density at radius 2 is 2.00 bits per heavy atom. The van der Waals surface area contributed by atoms with Crippen LogP contribution in [0.3, 0.4) is 0 Å². The zero-order valence-electron chi connectivity index (χ0n) is 8.84. The van der Waals surface area contributed by atoms with Gasteiger partial charge in [0, 0.05) is 20.1 Å². The van der Waals surface area contributed by atoms with E-state index in [1.807, 2.05) is 0 Å². The van der Waals surface area contributed by atoms with Gasteiger partial charge >= 0.3 is 5.97 Å². The summed E-state index contributed by atoms with van der Waals surface area (Å²) in [6, 6.07) is 0. The van der Waals surface area contributed by atoms with Gasteiger partial charge in [-0.05, 0) is 18.8 Å². The van der Waals surface area contributed by atoms with E-state index in [0.717, 1.165) is 12.8 Å². The van der Waals surface area contributed by atoms with Gasteiger partial charge in [-0.3, -0.25) is 4.79 Å². The maximum absolute atomic E-state index is 11.0. The van der Waals surface area contributed by atoms with E-state index in [1.54, 1.807) is 7.11 Å². The monoisotopic (exact) mass is 188 g/mol. The van der Waals surface area contributed by atoms with Crippen molar-refractivity contribution in [2.45, 2.75) is 33.1 Å². The molecule has 0 unspecified atom stereocenters. The van der Waals surface area contributed by atoms with Crippen LogP contribution in [-0.2, 0) is 14.3 Å². The topological polar surface area (TPSA) is 35.5 Å². The molecule has 0 aromatic rings. The van der Waals surface area contributed by atoms with Crippen LogP contribution in [0.5, 0.6) is 0 Å². The summed E-state index contributed by atoms with van der Waals surface area (Å²) in [5.41, 5.74) is 0. The smallest absolute Gasteiger partial charge is 0.305 e.